The molecule has 0 aliphatic heterocycles. The maximum Gasteiger partial charge on any atom is 0.474 e. The van der Waals surface area contributed by atoms with E-state index in [0.29, 0.717) is 11.8 Å². The third-order valence-electron chi connectivity index (χ3n) is 2.61. The molecule has 0 amide bonds. The van der Waals surface area contributed by atoms with Gasteiger partial charge >= 0.3 is 16.4 Å². The Morgan fingerprint density at radius 1 is 0.741 bits per heavy atom. The Morgan fingerprint density at radius 3 is 1.63 bits per heavy atom. The molecule has 0 fully saturated rings. The number of phosphoric ester groups is 1. The summed E-state index contributed by atoms with van der Waals surface area (Å²) in [5.41, 5.74) is -0.721. The first-order valence-electron chi connectivity index (χ1n) is 7.91. The molecule has 1 unspecified atom stereocenters. The molecule has 14 heteroatoms. The van der Waals surface area contributed by atoms with Crippen LogP contribution in [0, 0.1) is 5.41 Å². The average Bonchev–Trinajstić information content (AvgIpc) is 2.69. The molecule has 0 rings (SSSR count). The van der Waals surface area contributed by atoms with Crippen molar-refractivity contribution >= 4 is 74.4 Å². The summed E-state index contributed by atoms with van der Waals surface area (Å²) >= 11 is 28.4. The molecule has 0 spiro atoms. The summed E-state index contributed by atoms with van der Waals surface area (Å²) in [4.78, 5) is 0. The molecule has 0 aromatic rings. The van der Waals surface area contributed by atoms with E-state index < -0.39 is 21.8 Å². The molecular weight excluding hydrogens is 507 g/mol. The molecule has 0 radical (unpaired) electrons. The minimum Gasteiger partial charge on any atom is -0.312 e. The molecule has 0 saturated carbocycles. The molecule has 0 heterocycles. The van der Waals surface area contributed by atoms with Gasteiger partial charge in [0.25, 0.3) is 0 Å². The quantitative estimate of drug-likeness (QED) is 0.158. The van der Waals surface area contributed by atoms with E-state index >= 15 is 0 Å². The Labute approximate surface area is 187 Å². The van der Waals surface area contributed by atoms with Crippen LogP contribution in [0.1, 0.15) is 6.92 Å². The summed E-state index contributed by atoms with van der Waals surface area (Å²) in [7, 11) is -5.47. The van der Waals surface area contributed by atoms with Gasteiger partial charge in [-0.1, -0.05) is 6.92 Å². The van der Waals surface area contributed by atoms with E-state index in [1.807, 2.05) is 0 Å². The lowest BCUT2D eigenvalue weighted by Crippen LogP contribution is -2.30. The van der Waals surface area contributed by atoms with Gasteiger partial charge in [-0.05, 0) is 0 Å². The monoisotopic (exact) mass is 530 g/mol. The van der Waals surface area contributed by atoms with Crippen LogP contribution in [0.2, 0.25) is 0 Å². The zero-order chi connectivity index (χ0) is 20.6. The zero-order valence-electron chi connectivity index (χ0n) is 14.9. The third kappa shape index (κ3) is 14.5. The second-order valence-electron chi connectivity index (χ2n) is 5.25. The number of phosphoric acid groups is 1. The Kier molecular flexibility index (Phi) is 18.8. The van der Waals surface area contributed by atoms with Gasteiger partial charge in [0.05, 0.1) is 39.6 Å². The normalized spacial score (nSPS) is 14.6. The third-order valence-corrected chi connectivity index (χ3v) is 6.45. The fourth-order valence-electron chi connectivity index (χ4n) is 1.30. The predicted octanol–water partition coefficient (Wildman–Crippen LogP) is 5.62. The maximum atomic E-state index is 12.6. The first-order valence-corrected chi connectivity index (χ1v) is 13.1. The Hall–Kier alpha value is 1.87. The van der Waals surface area contributed by atoms with Gasteiger partial charge in [-0.2, -0.15) is 0 Å². The summed E-state index contributed by atoms with van der Waals surface area (Å²) in [6, 6.07) is 0. The van der Waals surface area contributed by atoms with Crippen molar-refractivity contribution in [2.24, 2.45) is 5.41 Å². The summed E-state index contributed by atoms with van der Waals surface area (Å²) in [5.74, 6) is 0.996. The number of halogens is 5. The van der Waals surface area contributed by atoms with Crippen LogP contribution in [0.5, 0.6) is 0 Å². The number of hydrogen-bond donors (Lipinski definition) is 0. The van der Waals surface area contributed by atoms with Gasteiger partial charge in [-0.15, -0.1) is 58.0 Å². The second kappa shape index (κ2) is 17.5. The largest absolute Gasteiger partial charge is 0.474 e. The molecule has 0 aliphatic rings. The molecule has 0 saturated heterocycles. The van der Waals surface area contributed by atoms with Gasteiger partial charge < -0.3 is 13.6 Å². The molecule has 1 atom stereocenters. The zero-order valence-corrected chi connectivity index (χ0v) is 20.5. The Morgan fingerprint density at radius 2 is 1.22 bits per heavy atom. The van der Waals surface area contributed by atoms with Crippen LogP contribution in [0.3, 0.4) is 0 Å². The predicted molar refractivity (Wildman–Crippen MR) is 112 cm³/mol. The van der Waals surface area contributed by atoms with Crippen molar-refractivity contribution in [3.05, 3.63) is 0 Å². The first-order chi connectivity index (χ1) is 12.9. The lowest BCUT2D eigenvalue weighted by molar-refractivity contribution is 0.0558. The van der Waals surface area contributed by atoms with Gasteiger partial charge in [0.2, 0.25) is 0 Å². The molecule has 27 heavy (non-hydrogen) atoms. The van der Waals surface area contributed by atoms with Crippen molar-refractivity contribution in [1.29, 1.82) is 0 Å². The molecule has 0 aliphatic carbocycles. The minimum absolute atomic E-state index is 0.000952. The van der Waals surface area contributed by atoms with Crippen molar-refractivity contribution in [2.45, 2.75) is 6.92 Å². The number of rotatable bonds is 19. The molecular formula is C13H25Cl5O7P2. The molecule has 0 aromatic heterocycles. The summed E-state index contributed by atoms with van der Waals surface area (Å²) in [6.45, 7) is 2.35. The Balaban J connectivity index is 4.73. The summed E-state index contributed by atoms with van der Waals surface area (Å²) in [6.07, 6.45) is 0. The van der Waals surface area contributed by atoms with E-state index in [1.54, 1.807) is 6.92 Å². The van der Waals surface area contributed by atoms with Crippen LogP contribution in [0.25, 0.3) is 0 Å². The average molecular weight is 533 g/mol. The highest BCUT2D eigenvalue weighted by molar-refractivity contribution is 7.48. The highest BCUT2D eigenvalue weighted by Crippen LogP contribution is 2.51. The van der Waals surface area contributed by atoms with E-state index in [0.717, 1.165) is 0 Å². The molecule has 7 nitrogen and oxygen atoms in total. The lowest BCUT2D eigenvalue weighted by Gasteiger charge is -2.29. The molecule has 0 N–H and O–H groups in total. The van der Waals surface area contributed by atoms with Crippen molar-refractivity contribution in [2.75, 3.05) is 69.0 Å². The number of hydrogen-bond acceptors (Lipinski definition) is 7. The van der Waals surface area contributed by atoms with Crippen LogP contribution in [0.4, 0.5) is 0 Å². The van der Waals surface area contributed by atoms with Crippen LogP contribution in [0.15, 0.2) is 0 Å². The van der Waals surface area contributed by atoms with Gasteiger partial charge in [0, 0.05) is 34.8 Å². The summed E-state index contributed by atoms with van der Waals surface area (Å²) < 4.78 is 44.6. The van der Waals surface area contributed by atoms with E-state index in [1.165, 1.54) is 0 Å². The summed E-state index contributed by atoms with van der Waals surface area (Å²) in [5, 5.41) is 0. The van der Waals surface area contributed by atoms with Crippen molar-refractivity contribution < 1.29 is 31.7 Å². The lowest BCUT2D eigenvalue weighted by atomic mass is 9.96. The minimum atomic E-state index is -3.82. The SMILES string of the molecule is CC(CCl)(COP(OCCCl)OCCCl)COP(=O)(OCCCl)OCCCl. The van der Waals surface area contributed by atoms with Crippen molar-refractivity contribution in [1.82, 2.24) is 0 Å². The topological polar surface area (TPSA) is 72.5 Å². The fourth-order valence-corrected chi connectivity index (χ4v) is 4.63. The van der Waals surface area contributed by atoms with Crippen LogP contribution in [-0.2, 0) is 31.7 Å². The highest BCUT2D eigenvalue weighted by atomic mass is 35.5. The van der Waals surface area contributed by atoms with Gasteiger partial charge in [0.1, 0.15) is 0 Å². The highest BCUT2D eigenvalue weighted by Gasteiger charge is 2.34. The van der Waals surface area contributed by atoms with Gasteiger partial charge in [-0.25, -0.2) is 4.57 Å². The fraction of sp³-hybridized carbons (Fsp3) is 1.00. The molecule has 164 valence electrons. The molecule has 0 aromatic carbocycles. The van der Waals surface area contributed by atoms with Crippen LogP contribution in [-0.4, -0.2) is 69.0 Å². The first kappa shape index (κ1) is 28.9. The van der Waals surface area contributed by atoms with E-state index in [9.17, 15) is 4.57 Å². The number of alkyl halides is 5. The van der Waals surface area contributed by atoms with Crippen LogP contribution >= 0.6 is 74.4 Å². The van der Waals surface area contributed by atoms with Gasteiger partial charge in [-0.3, -0.25) is 13.6 Å². The van der Waals surface area contributed by atoms with E-state index in [2.05, 4.69) is 0 Å². The Bertz CT molecular complexity index is 393. The van der Waals surface area contributed by atoms with Crippen molar-refractivity contribution in [3.63, 3.8) is 0 Å². The standard InChI is InChI=1S/C13H25Cl5O7P2/c1-13(10-18,11-22-26(20-6-2-14)21-7-3-15)12-25-27(19,23-8-4-16)24-9-5-17/h2-12H2,1H3. The van der Waals surface area contributed by atoms with Crippen LogP contribution < -0.4 is 0 Å². The van der Waals surface area contributed by atoms with Gasteiger partial charge in [0.15, 0.2) is 0 Å². The smallest absolute Gasteiger partial charge is 0.312 e. The second-order valence-corrected chi connectivity index (χ2v) is 9.92. The molecule has 0 bridgehead atoms. The van der Waals surface area contributed by atoms with E-state index in [-0.39, 0.29) is 57.3 Å². The van der Waals surface area contributed by atoms with Crippen molar-refractivity contribution in [3.8, 4) is 0 Å². The maximum absolute atomic E-state index is 12.6. The van der Waals surface area contributed by atoms with E-state index in [4.69, 9.17) is 85.1 Å².